The van der Waals surface area contributed by atoms with Crippen molar-refractivity contribution in [3.05, 3.63) is 65.2 Å². The van der Waals surface area contributed by atoms with Gasteiger partial charge in [0.25, 0.3) is 0 Å². The first-order valence-electron chi connectivity index (χ1n) is 8.73. The van der Waals surface area contributed by atoms with Crippen LogP contribution < -0.4 is 5.73 Å². The topological polar surface area (TPSA) is 26.0 Å². The first kappa shape index (κ1) is 15.1. The van der Waals surface area contributed by atoms with Crippen molar-refractivity contribution < 1.29 is 0 Å². The summed E-state index contributed by atoms with van der Waals surface area (Å²) in [5.41, 5.74) is 11.0. The molecule has 0 heterocycles. The molecule has 1 nitrogen and oxygen atoms in total. The maximum atomic E-state index is 5.81. The Labute approximate surface area is 134 Å². The van der Waals surface area contributed by atoms with E-state index in [1.165, 1.54) is 48.8 Å². The molecule has 0 aliphatic heterocycles. The van der Waals surface area contributed by atoms with Crippen LogP contribution in [0.25, 0.3) is 0 Å². The summed E-state index contributed by atoms with van der Waals surface area (Å²) in [5.74, 6) is 1.26. The third-order valence-corrected chi connectivity index (χ3v) is 5.16. The summed E-state index contributed by atoms with van der Waals surface area (Å²) in [6, 6.07) is 17.8. The molecule has 1 heteroatoms. The van der Waals surface area contributed by atoms with Crippen molar-refractivity contribution in [3.8, 4) is 0 Å². The minimum absolute atomic E-state index is 0.473. The zero-order valence-corrected chi connectivity index (χ0v) is 13.6. The summed E-state index contributed by atoms with van der Waals surface area (Å²) in [7, 11) is 0. The van der Waals surface area contributed by atoms with E-state index in [1.807, 2.05) is 12.1 Å². The SMILES string of the molecule is CCC(c1ccc(N)cc1)c1ccc(C2CCCCC2)cc1. The van der Waals surface area contributed by atoms with Crippen LogP contribution in [-0.4, -0.2) is 0 Å². The highest BCUT2D eigenvalue weighted by molar-refractivity contribution is 5.43. The molecular weight excluding hydrogens is 266 g/mol. The summed E-state index contributed by atoms with van der Waals surface area (Å²) in [4.78, 5) is 0. The third-order valence-electron chi connectivity index (χ3n) is 5.16. The third kappa shape index (κ3) is 3.35. The monoisotopic (exact) mass is 293 g/mol. The second-order valence-electron chi connectivity index (χ2n) is 6.63. The van der Waals surface area contributed by atoms with E-state index in [1.54, 1.807) is 0 Å². The van der Waals surface area contributed by atoms with Crippen molar-refractivity contribution in [1.82, 2.24) is 0 Å². The normalized spacial score (nSPS) is 17.3. The second-order valence-corrected chi connectivity index (χ2v) is 6.63. The van der Waals surface area contributed by atoms with E-state index >= 15 is 0 Å². The Bertz CT molecular complexity index is 576. The van der Waals surface area contributed by atoms with E-state index in [4.69, 9.17) is 5.73 Å². The van der Waals surface area contributed by atoms with Gasteiger partial charge in [0.15, 0.2) is 0 Å². The van der Waals surface area contributed by atoms with Crippen LogP contribution in [0.1, 0.15) is 74.0 Å². The van der Waals surface area contributed by atoms with Crippen LogP contribution in [0.4, 0.5) is 5.69 Å². The van der Waals surface area contributed by atoms with Crippen molar-refractivity contribution in [2.45, 2.75) is 57.3 Å². The lowest BCUT2D eigenvalue weighted by Crippen LogP contribution is -2.05. The molecule has 1 saturated carbocycles. The van der Waals surface area contributed by atoms with E-state index in [-0.39, 0.29) is 0 Å². The van der Waals surface area contributed by atoms with E-state index in [0.717, 1.165) is 18.0 Å². The Morgan fingerprint density at radius 1 is 0.864 bits per heavy atom. The maximum Gasteiger partial charge on any atom is 0.0314 e. The van der Waals surface area contributed by atoms with E-state index in [2.05, 4.69) is 43.3 Å². The average molecular weight is 293 g/mol. The molecule has 1 unspecified atom stereocenters. The predicted octanol–water partition coefficient (Wildman–Crippen LogP) is 5.86. The van der Waals surface area contributed by atoms with Crippen molar-refractivity contribution in [2.24, 2.45) is 0 Å². The largest absolute Gasteiger partial charge is 0.399 e. The van der Waals surface area contributed by atoms with Crippen molar-refractivity contribution in [2.75, 3.05) is 5.73 Å². The number of nitrogens with two attached hydrogens (primary N) is 1. The van der Waals surface area contributed by atoms with Gasteiger partial charge in [0, 0.05) is 11.6 Å². The molecule has 0 saturated heterocycles. The highest BCUT2D eigenvalue weighted by Gasteiger charge is 2.17. The summed E-state index contributed by atoms with van der Waals surface area (Å²) in [6.07, 6.45) is 8.07. The highest BCUT2D eigenvalue weighted by atomic mass is 14.5. The van der Waals surface area contributed by atoms with Gasteiger partial charge in [-0.1, -0.05) is 62.6 Å². The molecule has 3 rings (SSSR count). The van der Waals surface area contributed by atoms with Gasteiger partial charge in [-0.25, -0.2) is 0 Å². The molecule has 2 aromatic carbocycles. The van der Waals surface area contributed by atoms with E-state index in [0.29, 0.717) is 5.92 Å². The van der Waals surface area contributed by atoms with Gasteiger partial charge in [0.05, 0.1) is 0 Å². The van der Waals surface area contributed by atoms with Gasteiger partial charge in [0.1, 0.15) is 0 Å². The van der Waals surface area contributed by atoms with Crippen LogP contribution in [0.3, 0.4) is 0 Å². The zero-order chi connectivity index (χ0) is 15.4. The molecular formula is C21H27N. The molecule has 1 fully saturated rings. The van der Waals surface area contributed by atoms with Crippen LogP contribution in [0.5, 0.6) is 0 Å². The Kier molecular flexibility index (Phi) is 4.82. The minimum atomic E-state index is 0.473. The standard InChI is InChI=1S/C21H27N/c1-2-21(19-12-14-20(22)15-13-19)18-10-8-17(9-11-18)16-6-4-3-5-7-16/h8-16,21H,2-7,22H2,1H3. The molecule has 22 heavy (non-hydrogen) atoms. The molecule has 0 radical (unpaired) electrons. The summed E-state index contributed by atoms with van der Waals surface area (Å²) in [6.45, 7) is 2.26. The first-order valence-corrected chi connectivity index (χ1v) is 8.73. The van der Waals surface area contributed by atoms with Crippen molar-refractivity contribution in [1.29, 1.82) is 0 Å². The number of benzene rings is 2. The molecule has 2 N–H and O–H groups in total. The van der Waals surface area contributed by atoms with Crippen molar-refractivity contribution in [3.63, 3.8) is 0 Å². The first-order chi connectivity index (χ1) is 10.8. The second kappa shape index (κ2) is 7.00. The lowest BCUT2D eigenvalue weighted by atomic mass is 9.82. The maximum absolute atomic E-state index is 5.81. The summed E-state index contributed by atoms with van der Waals surface area (Å²) >= 11 is 0. The summed E-state index contributed by atoms with van der Waals surface area (Å²) in [5, 5.41) is 0. The van der Waals surface area contributed by atoms with Gasteiger partial charge in [-0.2, -0.15) is 0 Å². The highest BCUT2D eigenvalue weighted by Crippen LogP contribution is 2.34. The average Bonchev–Trinajstić information content (AvgIpc) is 2.59. The van der Waals surface area contributed by atoms with E-state index in [9.17, 15) is 0 Å². The molecule has 0 bridgehead atoms. The van der Waals surface area contributed by atoms with Crippen LogP contribution in [-0.2, 0) is 0 Å². The zero-order valence-electron chi connectivity index (χ0n) is 13.6. The fourth-order valence-electron chi connectivity index (χ4n) is 3.83. The minimum Gasteiger partial charge on any atom is -0.399 e. The molecule has 0 aromatic heterocycles. The Morgan fingerprint density at radius 3 is 1.95 bits per heavy atom. The smallest absolute Gasteiger partial charge is 0.0314 e. The fourth-order valence-corrected chi connectivity index (χ4v) is 3.83. The Morgan fingerprint density at radius 2 is 1.41 bits per heavy atom. The fraction of sp³-hybridized carbons (Fsp3) is 0.429. The van der Waals surface area contributed by atoms with Gasteiger partial charge >= 0.3 is 0 Å². The molecule has 0 spiro atoms. The lowest BCUT2D eigenvalue weighted by Gasteiger charge is -2.23. The molecule has 2 aromatic rings. The van der Waals surface area contributed by atoms with Gasteiger partial charge < -0.3 is 5.73 Å². The molecule has 1 aliphatic carbocycles. The van der Waals surface area contributed by atoms with Gasteiger partial charge in [-0.3, -0.25) is 0 Å². The number of rotatable bonds is 4. The number of nitrogen functional groups attached to an aromatic ring is 1. The lowest BCUT2D eigenvalue weighted by molar-refractivity contribution is 0.443. The number of anilines is 1. The molecule has 0 amide bonds. The predicted molar refractivity (Wildman–Crippen MR) is 95.3 cm³/mol. The molecule has 116 valence electrons. The van der Waals surface area contributed by atoms with Crippen LogP contribution in [0.2, 0.25) is 0 Å². The number of hydrogen-bond donors (Lipinski definition) is 1. The number of hydrogen-bond acceptors (Lipinski definition) is 1. The quantitative estimate of drug-likeness (QED) is 0.702. The van der Waals surface area contributed by atoms with Gasteiger partial charge in [-0.05, 0) is 54.0 Å². The van der Waals surface area contributed by atoms with Crippen molar-refractivity contribution >= 4 is 5.69 Å². The van der Waals surface area contributed by atoms with Crippen LogP contribution >= 0.6 is 0 Å². The molecule has 1 atom stereocenters. The van der Waals surface area contributed by atoms with E-state index < -0.39 is 0 Å². The van der Waals surface area contributed by atoms with Crippen LogP contribution in [0, 0.1) is 0 Å². The molecule has 1 aliphatic rings. The Balaban J connectivity index is 1.79. The van der Waals surface area contributed by atoms with Gasteiger partial charge in [0.2, 0.25) is 0 Å². The Hall–Kier alpha value is -1.76. The van der Waals surface area contributed by atoms with Crippen LogP contribution in [0.15, 0.2) is 48.5 Å². The van der Waals surface area contributed by atoms with Gasteiger partial charge in [-0.15, -0.1) is 0 Å². The summed E-state index contributed by atoms with van der Waals surface area (Å²) < 4.78 is 0.